The van der Waals surface area contributed by atoms with Crippen LogP contribution in [0.3, 0.4) is 0 Å². The van der Waals surface area contributed by atoms with Crippen molar-refractivity contribution in [2.24, 2.45) is 17.8 Å². The van der Waals surface area contributed by atoms with Gasteiger partial charge in [0.2, 0.25) is 5.91 Å². The van der Waals surface area contributed by atoms with E-state index < -0.39 is 6.03 Å². The third kappa shape index (κ3) is 2.91. The molecule has 142 valence electrons. The SMILES string of the molecule is O=C(NC12CC3CC(CC(C3)C1)C2)c1ccccc1CN1C(=O)CNC1=O. The van der Waals surface area contributed by atoms with Crippen LogP contribution in [0.25, 0.3) is 0 Å². The number of imide groups is 1. The zero-order chi connectivity index (χ0) is 18.6. The molecule has 1 saturated heterocycles. The zero-order valence-electron chi connectivity index (χ0n) is 15.4. The topological polar surface area (TPSA) is 78.5 Å². The molecule has 4 saturated carbocycles. The fraction of sp³-hybridized carbons (Fsp3) is 0.571. The minimum Gasteiger partial charge on any atom is -0.347 e. The molecule has 27 heavy (non-hydrogen) atoms. The van der Waals surface area contributed by atoms with Crippen molar-refractivity contribution < 1.29 is 14.4 Å². The van der Waals surface area contributed by atoms with Gasteiger partial charge in [-0.05, 0) is 67.9 Å². The second-order valence-electron chi connectivity index (χ2n) is 8.95. The second-order valence-corrected chi connectivity index (χ2v) is 8.95. The largest absolute Gasteiger partial charge is 0.347 e. The maximum atomic E-state index is 13.2. The van der Waals surface area contributed by atoms with Gasteiger partial charge in [-0.15, -0.1) is 0 Å². The van der Waals surface area contributed by atoms with Crippen molar-refractivity contribution in [1.82, 2.24) is 15.5 Å². The predicted octanol–water partition coefficient (Wildman–Crippen LogP) is 2.44. The van der Waals surface area contributed by atoms with Crippen LogP contribution in [0.15, 0.2) is 24.3 Å². The Hall–Kier alpha value is -2.37. The van der Waals surface area contributed by atoms with E-state index in [2.05, 4.69) is 10.6 Å². The molecule has 4 aliphatic carbocycles. The van der Waals surface area contributed by atoms with Crippen LogP contribution in [-0.2, 0) is 11.3 Å². The molecule has 0 atom stereocenters. The lowest BCUT2D eigenvalue weighted by atomic mass is 9.53. The lowest BCUT2D eigenvalue weighted by molar-refractivity contribution is -0.125. The number of nitrogens with one attached hydrogen (secondary N) is 2. The highest BCUT2D eigenvalue weighted by atomic mass is 16.2. The van der Waals surface area contributed by atoms with E-state index in [9.17, 15) is 14.4 Å². The Morgan fingerprint density at radius 2 is 1.70 bits per heavy atom. The first-order chi connectivity index (χ1) is 13.0. The van der Waals surface area contributed by atoms with E-state index in [-0.39, 0.29) is 30.4 Å². The summed E-state index contributed by atoms with van der Waals surface area (Å²) in [6.45, 7) is 0.162. The number of hydrogen-bond acceptors (Lipinski definition) is 3. The lowest BCUT2D eigenvalue weighted by Crippen LogP contribution is -2.59. The van der Waals surface area contributed by atoms with Gasteiger partial charge >= 0.3 is 6.03 Å². The molecule has 5 fully saturated rings. The van der Waals surface area contributed by atoms with Gasteiger partial charge in [0.15, 0.2) is 0 Å². The summed E-state index contributed by atoms with van der Waals surface area (Å²) >= 11 is 0. The molecule has 0 unspecified atom stereocenters. The first kappa shape index (κ1) is 16.8. The minimum absolute atomic E-state index is 0.0282. The molecule has 0 aromatic heterocycles. The Bertz CT molecular complexity index is 767. The minimum atomic E-state index is -0.392. The second kappa shape index (κ2) is 6.08. The van der Waals surface area contributed by atoms with Crippen molar-refractivity contribution in [2.75, 3.05) is 6.54 Å². The van der Waals surface area contributed by atoms with E-state index in [1.54, 1.807) is 6.07 Å². The van der Waals surface area contributed by atoms with Crippen molar-refractivity contribution in [3.63, 3.8) is 0 Å². The van der Waals surface area contributed by atoms with Gasteiger partial charge in [-0.2, -0.15) is 0 Å². The van der Waals surface area contributed by atoms with Gasteiger partial charge in [0.25, 0.3) is 5.91 Å². The molecule has 6 heteroatoms. The molecule has 5 aliphatic rings. The molecular formula is C21H25N3O3. The van der Waals surface area contributed by atoms with Crippen LogP contribution in [0.2, 0.25) is 0 Å². The monoisotopic (exact) mass is 367 g/mol. The maximum absolute atomic E-state index is 13.2. The van der Waals surface area contributed by atoms with E-state index in [4.69, 9.17) is 0 Å². The molecule has 6 nitrogen and oxygen atoms in total. The van der Waals surface area contributed by atoms with E-state index in [1.165, 1.54) is 24.2 Å². The predicted molar refractivity (Wildman–Crippen MR) is 98.8 cm³/mol. The molecular weight excluding hydrogens is 342 g/mol. The molecule has 1 aliphatic heterocycles. The number of amides is 4. The van der Waals surface area contributed by atoms with Gasteiger partial charge in [-0.25, -0.2) is 4.79 Å². The summed E-state index contributed by atoms with van der Waals surface area (Å²) in [7, 11) is 0. The summed E-state index contributed by atoms with van der Waals surface area (Å²) < 4.78 is 0. The van der Waals surface area contributed by atoms with E-state index in [0.29, 0.717) is 11.1 Å². The molecule has 1 aromatic carbocycles. The molecule has 4 amide bonds. The highest BCUT2D eigenvalue weighted by Crippen LogP contribution is 2.55. The highest BCUT2D eigenvalue weighted by Gasteiger charge is 2.51. The highest BCUT2D eigenvalue weighted by molar-refractivity contribution is 6.02. The fourth-order valence-electron chi connectivity index (χ4n) is 6.24. The van der Waals surface area contributed by atoms with Crippen LogP contribution in [0, 0.1) is 17.8 Å². The zero-order valence-corrected chi connectivity index (χ0v) is 15.4. The van der Waals surface area contributed by atoms with Crippen LogP contribution in [-0.4, -0.2) is 34.8 Å². The average molecular weight is 367 g/mol. The first-order valence-corrected chi connectivity index (χ1v) is 10.00. The Kier molecular flexibility index (Phi) is 3.78. The van der Waals surface area contributed by atoms with Crippen LogP contribution < -0.4 is 10.6 Å². The molecule has 6 rings (SSSR count). The smallest absolute Gasteiger partial charge is 0.324 e. The van der Waals surface area contributed by atoms with Crippen molar-refractivity contribution in [1.29, 1.82) is 0 Å². The van der Waals surface area contributed by atoms with Gasteiger partial charge < -0.3 is 10.6 Å². The number of carbonyl (C=O) groups excluding carboxylic acids is 3. The summed E-state index contributed by atoms with van der Waals surface area (Å²) in [4.78, 5) is 38.1. The molecule has 1 heterocycles. The quantitative estimate of drug-likeness (QED) is 0.803. The Labute approximate surface area is 158 Å². The molecule has 0 spiro atoms. The van der Waals surface area contributed by atoms with Crippen LogP contribution >= 0.6 is 0 Å². The first-order valence-electron chi connectivity index (χ1n) is 10.00. The summed E-state index contributed by atoms with van der Waals surface area (Å²) in [6.07, 6.45) is 7.29. The number of nitrogens with zero attached hydrogens (tertiary/aromatic N) is 1. The van der Waals surface area contributed by atoms with Gasteiger partial charge in [0, 0.05) is 11.1 Å². The Morgan fingerprint density at radius 3 is 2.30 bits per heavy atom. The summed E-state index contributed by atoms with van der Waals surface area (Å²) in [5.41, 5.74) is 1.23. The summed E-state index contributed by atoms with van der Waals surface area (Å²) in [5, 5.41) is 5.91. The number of rotatable bonds is 4. The van der Waals surface area contributed by atoms with Gasteiger partial charge in [0.05, 0.1) is 13.1 Å². The fourth-order valence-corrected chi connectivity index (χ4v) is 6.24. The van der Waals surface area contributed by atoms with E-state index in [0.717, 1.165) is 37.0 Å². The number of benzene rings is 1. The van der Waals surface area contributed by atoms with Gasteiger partial charge in [-0.3, -0.25) is 14.5 Å². The molecule has 2 N–H and O–H groups in total. The number of carbonyl (C=O) groups is 3. The maximum Gasteiger partial charge on any atom is 0.324 e. The lowest BCUT2D eigenvalue weighted by Gasteiger charge is -2.56. The molecule has 1 aromatic rings. The Morgan fingerprint density at radius 1 is 1.07 bits per heavy atom. The van der Waals surface area contributed by atoms with E-state index in [1.807, 2.05) is 18.2 Å². The average Bonchev–Trinajstić information content (AvgIpc) is 2.92. The van der Waals surface area contributed by atoms with Crippen LogP contribution in [0.4, 0.5) is 4.79 Å². The number of urea groups is 1. The summed E-state index contributed by atoms with van der Waals surface area (Å²) in [6, 6.07) is 6.91. The van der Waals surface area contributed by atoms with Crippen molar-refractivity contribution in [3.8, 4) is 0 Å². The van der Waals surface area contributed by atoms with Gasteiger partial charge in [-0.1, -0.05) is 18.2 Å². The third-order valence-corrected chi connectivity index (χ3v) is 6.94. The number of hydrogen-bond donors (Lipinski definition) is 2. The van der Waals surface area contributed by atoms with Crippen LogP contribution in [0.1, 0.15) is 54.4 Å². The van der Waals surface area contributed by atoms with Crippen LogP contribution in [0.5, 0.6) is 0 Å². The van der Waals surface area contributed by atoms with Crippen molar-refractivity contribution in [3.05, 3.63) is 35.4 Å². The molecule has 0 radical (unpaired) electrons. The molecule has 4 bridgehead atoms. The Balaban J connectivity index is 1.37. The van der Waals surface area contributed by atoms with E-state index >= 15 is 0 Å². The third-order valence-electron chi connectivity index (χ3n) is 6.94. The van der Waals surface area contributed by atoms with Crippen molar-refractivity contribution in [2.45, 2.75) is 50.6 Å². The van der Waals surface area contributed by atoms with Gasteiger partial charge in [0.1, 0.15) is 0 Å². The van der Waals surface area contributed by atoms with Crippen molar-refractivity contribution >= 4 is 17.8 Å². The summed E-state index contributed by atoms with van der Waals surface area (Å²) in [5.74, 6) is 1.96. The normalized spacial score (nSPS) is 34.1. The standard InChI is InChI=1S/C21H25N3O3/c25-18-11-22-20(27)24(18)12-16-3-1-2-4-17(16)19(26)23-21-8-13-5-14(9-21)7-15(6-13)10-21/h1-4,13-15H,5-12H2,(H,22,27)(H,23,26).